The molecule has 0 spiro atoms. The van der Waals surface area contributed by atoms with Crippen LogP contribution in [-0.4, -0.2) is 34.0 Å². The minimum Gasteiger partial charge on any atom is -0.370 e. The molecule has 6 nitrogen and oxygen atoms in total. The number of anilines is 2. The SMILES string of the molecule is C#CCNS(=O)(=O)c1cccc(C(=O)Nc2ccccc2N2CCCC2)c1. The second kappa shape index (κ2) is 8.25. The van der Waals surface area contributed by atoms with Crippen LogP contribution in [0.25, 0.3) is 0 Å². The van der Waals surface area contributed by atoms with Gasteiger partial charge < -0.3 is 10.2 Å². The van der Waals surface area contributed by atoms with Crippen LogP contribution in [0.3, 0.4) is 0 Å². The third-order valence-corrected chi connectivity index (χ3v) is 5.77. The molecule has 2 aromatic rings. The number of benzene rings is 2. The van der Waals surface area contributed by atoms with Gasteiger partial charge in [-0.3, -0.25) is 4.79 Å². The first-order valence-corrected chi connectivity index (χ1v) is 10.2. The number of hydrogen-bond donors (Lipinski definition) is 2. The highest BCUT2D eigenvalue weighted by molar-refractivity contribution is 7.89. The van der Waals surface area contributed by atoms with Gasteiger partial charge in [0.15, 0.2) is 0 Å². The van der Waals surface area contributed by atoms with Gasteiger partial charge in [-0.1, -0.05) is 24.1 Å². The average molecular weight is 383 g/mol. The number of nitrogens with one attached hydrogen (secondary N) is 2. The molecule has 1 aliphatic heterocycles. The van der Waals surface area contributed by atoms with E-state index in [1.165, 1.54) is 18.2 Å². The van der Waals surface area contributed by atoms with Crippen molar-refractivity contribution in [3.8, 4) is 12.3 Å². The molecule has 0 aromatic heterocycles. The van der Waals surface area contributed by atoms with Crippen LogP contribution in [0.5, 0.6) is 0 Å². The minimum atomic E-state index is -3.75. The quantitative estimate of drug-likeness (QED) is 0.751. The van der Waals surface area contributed by atoms with Crippen LogP contribution in [0.2, 0.25) is 0 Å². The Bertz CT molecular complexity index is 974. The first kappa shape index (κ1) is 19.0. The Morgan fingerprint density at radius 2 is 1.85 bits per heavy atom. The Balaban J connectivity index is 1.82. The summed E-state index contributed by atoms with van der Waals surface area (Å²) in [6, 6.07) is 13.5. The maximum absolute atomic E-state index is 12.7. The monoisotopic (exact) mass is 383 g/mol. The lowest BCUT2D eigenvalue weighted by molar-refractivity contribution is 0.102. The molecular formula is C20H21N3O3S. The van der Waals surface area contributed by atoms with E-state index < -0.39 is 10.0 Å². The first-order chi connectivity index (χ1) is 13.0. The van der Waals surface area contributed by atoms with E-state index in [-0.39, 0.29) is 22.9 Å². The third kappa shape index (κ3) is 4.48. The lowest BCUT2D eigenvalue weighted by Crippen LogP contribution is -2.24. The van der Waals surface area contributed by atoms with Crippen molar-refractivity contribution in [3.05, 3.63) is 54.1 Å². The Morgan fingerprint density at radius 1 is 1.11 bits per heavy atom. The maximum Gasteiger partial charge on any atom is 0.255 e. The minimum absolute atomic E-state index is 0.00164. The normalized spacial score (nSPS) is 14.0. The summed E-state index contributed by atoms with van der Waals surface area (Å²) in [4.78, 5) is 14.9. The second-order valence-electron chi connectivity index (χ2n) is 6.22. The number of rotatable bonds is 6. The molecule has 1 fully saturated rings. The highest BCUT2D eigenvalue weighted by Gasteiger charge is 2.19. The summed E-state index contributed by atoms with van der Waals surface area (Å²) < 4.78 is 26.7. The van der Waals surface area contributed by atoms with E-state index in [0.717, 1.165) is 31.6 Å². The molecular weight excluding hydrogens is 362 g/mol. The summed E-state index contributed by atoms with van der Waals surface area (Å²) in [6.45, 7) is 1.81. The van der Waals surface area contributed by atoms with Crippen molar-refractivity contribution >= 4 is 27.3 Å². The largest absolute Gasteiger partial charge is 0.370 e. The number of carbonyl (C=O) groups excluding carboxylic acids is 1. The van der Waals surface area contributed by atoms with E-state index in [0.29, 0.717) is 5.69 Å². The molecule has 7 heteroatoms. The molecule has 2 aromatic carbocycles. The molecule has 1 heterocycles. The molecule has 1 aliphatic rings. The Kier molecular flexibility index (Phi) is 5.79. The van der Waals surface area contributed by atoms with Crippen LogP contribution < -0.4 is 14.9 Å². The fourth-order valence-electron chi connectivity index (χ4n) is 3.03. The van der Waals surface area contributed by atoms with Crippen LogP contribution in [0.1, 0.15) is 23.2 Å². The fourth-order valence-corrected chi connectivity index (χ4v) is 4.01. The molecule has 27 heavy (non-hydrogen) atoms. The summed E-state index contributed by atoms with van der Waals surface area (Å²) in [5.74, 6) is 1.86. The molecule has 0 atom stereocenters. The lowest BCUT2D eigenvalue weighted by Gasteiger charge is -2.21. The summed E-state index contributed by atoms with van der Waals surface area (Å²) in [7, 11) is -3.75. The van der Waals surface area contributed by atoms with Crippen LogP contribution in [0.15, 0.2) is 53.4 Å². The summed E-state index contributed by atoms with van der Waals surface area (Å²) in [5, 5.41) is 2.90. The van der Waals surface area contributed by atoms with Gasteiger partial charge in [-0.15, -0.1) is 6.42 Å². The van der Waals surface area contributed by atoms with Crippen molar-refractivity contribution in [1.29, 1.82) is 0 Å². The number of nitrogens with zero attached hydrogens (tertiary/aromatic N) is 1. The number of sulfonamides is 1. The van der Waals surface area contributed by atoms with Gasteiger partial charge in [0, 0.05) is 18.7 Å². The standard InChI is InChI=1S/C20H21N3O3S/c1-2-12-21-27(25,26)17-9-7-8-16(15-17)20(24)22-18-10-3-4-11-19(18)23-13-5-6-14-23/h1,3-4,7-11,15,21H,5-6,12-14H2,(H,22,24). The predicted molar refractivity (Wildman–Crippen MR) is 106 cm³/mol. The van der Waals surface area contributed by atoms with Gasteiger partial charge in [0.1, 0.15) is 0 Å². The molecule has 2 N–H and O–H groups in total. The number of carbonyl (C=O) groups is 1. The molecule has 0 radical (unpaired) electrons. The second-order valence-corrected chi connectivity index (χ2v) is 7.99. The zero-order chi connectivity index (χ0) is 19.3. The Labute approximate surface area is 159 Å². The highest BCUT2D eigenvalue weighted by Crippen LogP contribution is 2.29. The highest BCUT2D eigenvalue weighted by atomic mass is 32.2. The van der Waals surface area contributed by atoms with E-state index in [2.05, 4.69) is 20.9 Å². The number of amides is 1. The van der Waals surface area contributed by atoms with Crippen molar-refractivity contribution in [2.45, 2.75) is 17.7 Å². The lowest BCUT2D eigenvalue weighted by atomic mass is 10.2. The van der Waals surface area contributed by atoms with Crippen molar-refractivity contribution in [1.82, 2.24) is 4.72 Å². The van der Waals surface area contributed by atoms with Gasteiger partial charge in [-0.2, -0.15) is 4.72 Å². The van der Waals surface area contributed by atoms with E-state index in [9.17, 15) is 13.2 Å². The fraction of sp³-hybridized carbons (Fsp3) is 0.250. The first-order valence-electron chi connectivity index (χ1n) is 8.70. The zero-order valence-corrected chi connectivity index (χ0v) is 15.6. The van der Waals surface area contributed by atoms with Gasteiger partial charge in [-0.25, -0.2) is 8.42 Å². The number of terminal acetylenes is 1. The van der Waals surface area contributed by atoms with Crippen LogP contribution in [-0.2, 0) is 10.0 Å². The molecule has 0 unspecified atom stereocenters. The van der Waals surface area contributed by atoms with Crippen molar-refractivity contribution < 1.29 is 13.2 Å². The molecule has 1 saturated heterocycles. The third-order valence-electron chi connectivity index (χ3n) is 4.37. The van der Waals surface area contributed by atoms with E-state index in [1.54, 1.807) is 6.07 Å². The molecule has 3 rings (SSSR count). The van der Waals surface area contributed by atoms with E-state index in [1.807, 2.05) is 24.3 Å². The Morgan fingerprint density at radius 3 is 2.59 bits per heavy atom. The summed E-state index contributed by atoms with van der Waals surface area (Å²) in [6.07, 6.45) is 7.36. The Hall–Kier alpha value is -2.82. The molecule has 0 aliphatic carbocycles. The average Bonchev–Trinajstić information content (AvgIpc) is 3.21. The molecule has 140 valence electrons. The summed E-state index contributed by atoms with van der Waals surface area (Å²) >= 11 is 0. The van der Waals surface area contributed by atoms with Crippen LogP contribution >= 0.6 is 0 Å². The predicted octanol–water partition coefficient (Wildman–Crippen LogP) is 2.45. The van der Waals surface area contributed by atoms with Crippen LogP contribution in [0.4, 0.5) is 11.4 Å². The van der Waals surface area contributed by atoms with Gasteiger partial charge in [0.25, 0.3) is 5.91 Å². The van der Waals surface area contributed by atoms with E-state index >= 15 is 0 Å². The van der Waals surface area contributed by atoms with Gasteiger partial charge in [-0.05, 0) is 43.2 Å². The van der Waals surface area contributed by atoms with Gasteiger partial charge in [0.2, 0.25) is 10.0 Å². The van der Waals surface area contributed by atoms with E-state index in [4.69, 9.17) is 6.42 Å². The molecule has 0 bridgehead atoms. The van der Waals surface area contributed by atoms with Crippen molar-refractivity contribution in [2.75, 3.05) is 29.9 Å². The number of hydrogen-bond acceptors (Lipinski definition) is 4. The van der Waals surface area contributed by atoms with Crippen molar-refractivity contribution in [2.24, 2.45) is 0 Å². The number of para-hydroxylation sites is 2. The van der Waals surface area contributed by atoms with Gasteiger partial charge in [0.05, 0.1) is 22.8 Å². The zero-order valence-electron chi connectivity index (χ0n) is 14.8. The van der Waals surface area contributed by atoms with Gasteiger partial charge >= 0.3 is 0 Å². The maximum atomic E-state index is 12.7. The van der Waals surface area contributed by atoms with Crippen molar-refractivity contribution in [3.63, 3.8) is 0 Å². The van der Waals surface area contributed by atoms with Crippen LogP contribution in [0, 0.1) is 12.3 Å². The molecule has 1 amide bonds. The molecule has 0 saturated carbocycles. The summed E-state index contributed by atoms with van der Waals surface area (Å²) in [5.41, 5.74) is 1.95. The topological polar surface area (TPSA) is 78.5 Å². The smallest absolute Gasteiger partial charge is 0.255 e.